The topological polar surface area (TPSA) is 60.2 Å². The molecule has 0 aliphatic carbocycles. The normalized spacial score (nSPS) is 10.5. The first-order chi connectivity index (χ1) is 12.8. The van der Waals surface area contributed by atoms with E-state index in [9.17, 15) is 4.79 Å². The fraction of sp³-hybridized carbons (Fsp3) is 0.250. The van der Waals surface area contributed by atoms with Crippen LogP contribution in [0.3, 0.4) is 0 Å². The minimum atomic E-state index is -0.00802. The number of imidazole rings is 1. The quantitative estimate of drug-likeness (QED) is 0.626. The minimum absolute atomic E-state index is 0.00802. The number of amides is 1. The van der Waals surface area contributed by atoms with Crippen LogP contribution in [-0.4, -0.2) is 39.0 Å². The maximum atomic E-state index is 13.0. The number of hydrogen-bond acceptors (Lipinski definition) is 4. The van der Waals surface area contributed by atoms with Crippen LogP contribution in [0.1, 0.15) is 22.3 Å². The van der Waals surface area contributed by atoms with E-state index in [0.29, 0.717) is 24.4 Å². The predicted octanol–water partition coefficient (Wildman–Crippen LogP) is 3.02. The first kappa shape index (κ1) is 17.7. The molecule has 0 fully saturated rings. The lowest BCUT2D eigenvalue weighted by Crippen LogP contribution is -2.32. The van der Waals surface area contributed by atoms with Crippen molar-refractivity contribution in [3.63, 3.8) is 0 Å². The summed E-state index contributed by atoms with van der Waals surface area (Å²) in [6, 6.07) is 11.1. The van der Waals surface area contributed by atoms with Gasteiger partial charge in [0.15, 0.2) is 0 Å². The van der Waals surface area contributed by atoms with Gasteiger partial charge in [0.2, 0.25) is 0 Å². The molecule has 3 rings (SSSR count). The van der Waals surface area contributed by atoms with E-state index in [1.807, 2.05) is 46.0 Å². The summed E-state index contributed by atoms with van der Waals surface area (Å²) in [7, 11) is 1.60. The van der Waals surface area contributed by atoms with Gasteiger partial charge in [-0.1, -0.05) is 6.07 Å². The lowest BCUT2D eigenvalue weighted by atomic mass is 10.1. The molecule has 2 aromatic heterocycles. The smallest absolute Gasteiger partial charge is 0.254 e. The zero-order valence-electron chi connectivity index (χ0n) is 14.8. The molecule has 0 aliphatic heterocycles. The fourth-order valence-electron chi connectivity index (χ4n) is 2.76. The van der Waals surface area contributed by atoms with Gasteiger partial charge in [-0.2, -0.15) is 0 Å². The highest BCUT2D eigenvalue weighted by Gasteiger charge is 2.16. The number of hydrogen-bond donors (Lipinski definition) is 0. The number of rotatable bonds is 8. The van der Waals surface area contributed by atoms with Crippen LogP contribution in [0.4, 0.5) is 0 Å². The van der Waals surface area contributed by atoms with E-state index in [-0.39, 0.29) is 5.91 Å². The average molecular weight is 350 g/mol. The van der Waals surface area contributed by atoms with E-state index >= 15 is 0 Å². The van der Waals surface area contributed by atoms with Crippen molar-refractivity contribution in [1.82, 2.24) is 19.4 Å². The van der Waals surface area contributed by atoms with Gasteiger partial charge in [0.25, 0.3) is 5.91 Å². The van der Waals surface area contributed by atoms with Crippen molar-refractivity contribution in [3.05, 3.63) is 78.6 Å². The van der Waals surface area contributed by atoms with Crippen LogP contribution in [0.25, 0.3) is 0 Å². The summed E-state index contributed by atoms with van der Waals surface area (Å²) >= 11 is 0. The molecule has 26 heavy (non-hydrogen) atoms. The Bertz CT molecular complexity index is 819. The third-order valence-electron chi connectivity index (χ3n) is 4.13. The second-order valence-electron chi connectivity index (χ2n) is 5.97. The molecule has 0 atom stereocenters. The second kappa shape index (κ2) is 8.80. The molecule has 0 bridgehead atoms. The molecule has 0 saturated carbocycles. The largest absolute Gasteiger partial charge is 0.497 e. The summed E-state index contributed by atoms with van der Waals surface area (Å²) in [5.41, 5.74) is 1.68. The van der Waals surface area contributed by atoms with Gasteiger partial charge in [-0.3, -0.25) is 9.78 Å². The number of aryl methyl sites for hydroxylation is 1. The van der Waals surface area contributed by atoms with Crippen molar-refractivity contribution < 1.29 is 9.53 Å². The lowest BCUT2D eigenvalue weighted by molar-refractivity contribution is 0.0738. The van der Waals surface area contributed by atoms with Crippen molar-refractivity contribution in [1.29, 1.82) is 0 Å². The first-order valence-corrected chi connectivity index (χ1v) is 8.54. The predicted molar refractivity (Wildman–Crippen MR) is 98.8 cm³/mol. The molecule has 0 N–H and O–H groups in total. The van der Waals surface area contributed by atoms with Crippen molar-refractivity contribution in [2.75, 3.05) is 13.7 Å². The fourth-order valence-corrected chi connectivity index (χ4v) is 2.76. The van der Waals surface area contributed by atoms with Crippen molar-refractivity contribution in [2.45, 2.75) is 19.5 Å². The Labute approximate surface area is 153 Å². The van der Waals surface area contributed by atoms with Gasteiger partial charge >= 0.3 is 0 Å². The number of carbonyl (C=O) groups is 1. The van der Waals surface area contributed by atoms with Gasteiger partial charge in [0.1, 0.15) is 5.75 Å². The van der Waals surface area contributed by atoms with Crippen LogP contribution < -0.4 is 4.74 Å². The van der Waals surface area contributed by atoms with Crippen LogP contribution in [0.15, 0.2) is 67.5 Å². The molecule has 1 aromatic carbocycles. The third-order valence-corrected chi connectivity index (χ3v) is 4.13. The molecule has 6 nitrogen and oxygen atoms in total. The number of benzene rings is 1. The Balaban J connectivity index is 1.73. The van der Waals surface area contributed by atoms with Gasteiger partial charge in [0, 0.05) is 50.0 Å². The van der Waals surface area contributed by atoms with Gasteiger partial charge in [-0.05, 0) is 42.3 Å². The zero-order valence-corrected chi connectivity index (χ0v) is 14.8. The summed E-state index contributed by atoms with van der Waals surface area (Å²) < 4.78 is 7.26. The Morgan fingerprint density at radius 1 is 1.15 bits per heavy atom. The van der Waals surface area contributed by atoms with Gasteiger partial charge < -0.3 is 14.2 Å². The third kappa shape index (κ3) is 4.69. The minimum Gasteiger partial charge on any atom is -0.497 e. The average Bonchev–Trinajstić information content (AvgIpc) is 3.21. The van der Waals surface area contributed by atoms with E-state index in [2.05, 4.69) is 9.97 Å². The highest BCUT2D eigenvalue weighted by Crippen LogP contribution is 2.16. The van der Waals surface area contributed by atoms with Gasteiger partial charge in [-0.25, -0.2) is 4.98 Å². The van der Waals surface area contributed by atoms with E-state index in [0.717, 1.165) is 18.5 Å². The van der Waals surface area contributed by atoms with Gasteiger partial charge in [-0.15, -0.1) is 0 Å². The number of pyridine rings is 1. The number of carbonyl (C=O) groups excluding carboxylic acids is 1. The van der Waals surface area contributed by atoms with E-state index in [4.69, 9.17) is 4.74 Å². The standard InChI is InChI=1S/C20H22N4O2/c1-26-19-5-2-4-18(14-19)20(25)24(15-17-6-8-21-9-7-17)12-3-11-23-13-10-22-16-23/h2,4-10,13-14,16H,3,11-12,15H2,1H3. The second-order valence-corrected chi connectivity index (χ2v) is 5.97. The molecule has 0 spiro atoms. The van der Waals surface area contributed by atoms with Crippen molar-refractivity contribution >= 4 is 5.91 Å². The highest BCUT2D eigenvalue weighted by atomic mass is 16.5. The Kier molecular flexibility index (Phi) is 5.98. The van der Waals surface area contributed by atoms with E-state index < -0.39 is 0 Å². The summed E-state index contributed by atoms with van der Waals surface area (Å²) in [6.07, 6.45) is 9.81. The Morgan fingerprint density at radius 2 is 2.00 bits per heavy atom. The number of aromatic nitrogens is 3. The van der Waals surface area contributed by atoms with Crippen molar-refractivity contribution in [2.24, 2.45) is 0 Å². The molecule has 0 unspecified atom stereocenters. The number of ether oxygens (including phenoxy) is 1. The molecule has 0 aliphatic rings. The van der Waals surface area contributed by atoms with Crippen LogP contribution >= 0.6 is 0 Å². The molecule has 6 heteroatoms. The molecule has 134 valence electrons. The zero-order chi connectivity index (χ0) is 18.2. The Hall–Kier alpha value is -3.15. The van der Waals surface area contributed by atoms with E-state index in [1.54, 1.807) is 38.1 Å². The summed E-state index contributed by atoms with van der Waals surface area (Å²) in [5, 5.41) is 0. The van der Waals surface area contributed by atoms with Crippen LogP contribution in [0, 0.1) is 0 Å². The molecular formula is C20H22N4O2. The van der Waals surface area contributed by atoms with Gasteiger partial charge in [0.05, 0.1) is 13.4 Å². The molecular weight excluding hydrogens is 328 g/mol. The first-order valence-electron chi connectivity index (χ1n) is 8.54. The maximum Gasteiger partial charge on any atom is 0.254 e. The SMILES string of the molecule is COc1cccc(C(=O)N(CCCn2ccnc2)Cc2ccncc2)c1. The van der Waals surface area contributed by atoms with Crippen LogP contribution in [0.2, 0.25) is 0 Å². The monoisotopic (exact) mass is 350 g/mol. The van der Waals surface area contributed by atoms with Crippen LogP contribution in [-0.2, 0) is 13.1 Å². The molecule has 0 radical (unpaired) electrons. The molecule has 0 saturated heterocycles. The van der Waals surface area contributed by atoms with Crippen LogP contribution in [0.5, 0.6) is 5.75 Å². The lowest BCUT2D eigenvalue weighted by Gasteiger charge is -2.23. The number of nitrogens with zero attached hydrogens (tertiary/aromatic N) is 4. The summed E-state index contributed by atoms with van der Waals surface area (Å²) in [6.45, 7) is 2.01. The molecule has 1 amide bonds. The molecule has 3 aromatic rings. The summed E-state index contributed by atoms with van der Waals surface area (Å²) in [5.74, 6) is 0.671. The summed E-state index contributed by atoms with van der Waals surface area (Å²) in [4.78, 5) is 23.0. The maximum absolute atomic E-state index is 13.0. The Morgan fingerprint density at radius 3 is 2.73 bits per heavy atom. The highest BCUT2D eigenvalue weighted by molar-refractivity contribution is 5.94. The molecule has 2 heterocycles. The number of methoxy groups -OCH3 is 1. The van der Waals surface area contributed by atoms with Crippen molar-refractivity contribution in [3.8, 4) is 5.75 Å². The van der Waals surface area contributed by atoms with E-state index in [1.165, 1.54) is 0 Å².